The second-order valence-electron chi connectivity index (χ2n) is 6.52. The fraction of sp³-hybridized carbons (Fsp3) is 0.556. The molecule has 0 aliphatic heterocycles. The van der Waals surface area contributed by atoms with Gasteiger partial charge in [-0.3, -0.25) is 4.79 Å². The topological polar surface area (TPSA) is 78.4 Å². The molecule has 138 valence electrons. The van der Waals surface area contributed by atoms with Crippen molar-refractivity contribution in [3.05, 3.63) is 35.9 Å². The quantitative estimate of drug-likeness (QED) is 0.671. The highest BCUT2D eigenvalue weighted by Crippen LogP contribution is 2.39. The smallest absolute Gasteiger partial charge is 0.315 e. The Balaban J connectivity index is 1.86. The first kappa shape index (κ1) is 19.1. The van der Waals surface area contributed by atoms with Gasteiger partial charge in [-0.05, 0) is 31.2 Å². The van der Waals surface area contributed by atoms with Crippen molar-refractivity contribution in [1.82, 2.24) is 10.6 Å². The molecule has 2 atom stereocenters. The summed E-state index contributed by atoms with van der Waals surface area (Å²) in [6.45, 7) is -0.0736. The Bertz CT molecular complexity index is 581. The van der Waals surface area contributed by atoms with Gasteiger partial charge >= 0.3 is 12.0 Å². The first-order valence-electron chi connectivity index (χ1n) is 8.55. The van der Waals surface area contributed by atoms with E-state index in [1.807, 2.05) is 30.3 Å². The molecule has 1 aliphatic rings. The number of hydrogen-bond acceptors (Lipinski definition) is 2. The van der Waals surface area contributed by atoms with E-state index in [-0.39, 0.29) is 31.8 Å². The van der Waals surface area contributed by atoms with Crippen molar-refractivity contribution in [2.45, 2.75) is 50.5 Å². The average molecular weight is 354 g/mol. The molecule has 5 nitrogen and oxygen atoms in total. The van der Waals surface area contributed by atoms with E-state index >= 15 is 0 Å². The van der Waals surface area contributed by atoms with E-state index in [4.69, 9.17) is 5.11 Å². The number of hydrogen-bond donors (Lipinski definition) is 3. The van der Waals surface area contributed by atoms with Gasteiger partial charge in [0, 0.05) is 31.3 Å². The minimum Gasteiger partial charge on any atom is -0.481 e. The number of aliphatic carboxylic acids is 1. The lowest BCUT2D eigenvalue weighted by Gasteiger charge is -2.22. The fourth-order valence-corrected chi connectivity index (χ4v) is 3.12. The van der Waals surface area contributed by atoms with Gasteiger partial charge < -0.3 is 15.7 Å². The maximum atomic E-state index is 13.6. The van der Waals surface area contributed by atoms with Gasteiger partial charge in [0.05, 0.1) is 0 Å². The van der Waals surface area contributed by atoms with Crippen LogP contribution in [0, 0.1) is 5.92 Å². The van der Waals surface area contributed by atoms with Crippen LogP contribution in [-0.2, 0) is 11.2 Å². The van der Waals surface area contributed by atoms with Crippen molar-refractivity contribution in [2.75, 3.05) is 6.54 Å². The molecule has 2 unspecified atom stereocenters. The highest BCUT2D eigenvalue weighted by atomic mass is 19.3. The van der Waals surface area contributed by atoms with Crippen LogP contribution in [0.5, 0.6) is 0 Å². The second-order valence-corrected chi connectivity index (χ2v) is 6.52. The molecular formula is C18H24F2N2O3. The van der Waals surface area contributed by atoms with Crippen LogP contribution < -0.4 is 10.6 Å². The van der Waals surface area contributed by atoms with Crippen molar-refractivity contribution in [3.8, 4) is 0 Å². The molecule has 2 rings (SSSR count). The van der Waals surface area contributed by atoms with Crippen molar-refractivity contribution < 1.29 is 23.5 Å². The number of carboxylic acid groups (broad SMARTS) is 1. The van der Waals surface area contributed by atoms with Crippen LogP contribution >= 0.6 is 0 Å². The van der Waals surface area contributed by atoms with Gasteiger partial charge in [-0.15, -0.1) is 0 Å². The summed E-state index contributed by atoms with van der Waals surface area (Å²) in [4.78, 5) is 22.8. The SMILES string of the molecule is O=C(O)CCC(Cc1ccccc1)NC(=O)NCC1CCCC1(F)F. The summed E-state index contributed by atoms with van der Waals surface area (Å²) >= 11 is 0. The molecule has 7 heteroatoms. The number of amides is 2. The molecule has 3 N–H and O–H groups in total. The van der Waals surface area contributed by atoms with Crippen molar-refractivity contribution in [1.29, 1.82) is 0 Å². The van der Waals surface area contributed by atoms with Crippen LogP contribution in [-0.4, -0.2) is 35.6 Å². The molecule has 0 radical (unpaired) electrons. The Morgan fingerprint density at radius 3 is 2.60 bits per heavy atom. The molecule has 1 aliphatic carbocycles. The highest BCUT2D eigenvalue weighted by Gasteiger charge is 2.43. The molecule has 25 heavy (non-hydrogen) atoms. The van der Waals surface area contributed by atoms with Crippen molar-refractivity contribution >= 4 is 12.0 Å². The van der Waals surface area contributed by atoms with Crippen LogP contribution in [0.4, 0.5) is 13.6 Å². The van der Waals surface area contributed by atoms with E-state index in [1.54, 1.807) is 0 Å². The van der Waals surface area contributed by atoms with Gasteiger partial charge in [-0.1, -0.05) is 30.3 Å². The number of carbonyl (C=O) groups excluding carboxylic acids is 1. The van der Waals surface area contributed by atoms with Crippen LogP contribution in [0.15, 0.2) is 30.3 Å². The van der Waals surface area contributed by atoms with E-state index in [0.29, 0.717) is 19.3 Å². The lowest BCUT2D eigenvalue weighted by Crippen LogP contribution is -2.46. The first-order valence-corrected chi connectivity index (χ1v) is 8.55. The van der Waals surface area contributed by atoms with E-state index < -0.39 is 23.8 Å². The van der Waals surface area contributed by atoms with Gasteiger partial charge in [-0.2, -0.15) is 0 Å². The zero-order valence-corrected chi connectivity index (χ0v) is 14.0. The number of nitrogens with one attached hydrogen (secondary N) is 2. The van der Waals surface area contributed by atoms with Crippen LogP contribution in [0.1, 0.15) is 37.7 Å². The average Bonchev–Trinajstić information content (AvgIpc) is 2.90. The zero-order chi connectivity index (χ0) is 18.3. The summed E-state index contributed by atoms with van der Waals surface area (Å²) in [5.41, 5.74) is 0.973. The first-order chi connectivity index (χ1) is 11.9. The van der Waals surface area contributed by atoms with Gasteiger partial charge in [0.15, 0.2) is 0 Å². The Hall–Kier alpha value is -2.18. The summed E-state index contributed by atoms with van der Waals surface area (Å²) in [6.07, 6.45) is 1.43. The molecule has 0 saturated heterocycles. The third kappa shape index (κ3) is 6.32. The number of alkyl halides is 2. The number of carboxylic acids is 1. The van der Waals surface area contributed by atoms with Gasteiger partial charge in [-0.25, -0.2) is 13.6 Å². The number of urea groups is 1. The largest absolute Gasteiger partial charge is 0.481 e. The predicted molar refractivity (Wildman–Crippen MR) is 89.6 cm³/mol. The minimum absolute atomic E-state index is 0.0710. The molecule has 0 heterocycles. The number of benzene rings is 1. The third-order valence-corrected chi connectivity index (χ3v) is 4.54. The Labute approximate surface area is 145 Å². The normalized spacial score (nSPS) is 20.0. The maximum Gasteiger partial charge on any atom is 0.315 e. The van der Waals surface area contributed by atoms with Crippen LogP contribution in [0.25, 0.3) is 0 Å². The van der Waals surface area contributed by atoms with Crippen molar-refractivity contribution in [3.63, 3.8) is 0 Å². The maximum absolute atomic E-state index is 13.6. The summed E-state index contributed by atoms with van der Waals surface area (Å²) in [5, 5.41) is 14.1. The lowest BCUT2D eigenvalue weighted by molar-refractivity contribution is -0.137. The van der Waals surface area contributed by atoms with Crippen molar-refractivity contribution in [2.24, 2.45) is 5.92 Å². The Morgan fingerprint density at radius 1 is 1.28 bits per heavy atom. The number of halogens is 2. The highest BCUT2D eigenvalue weighted by molar-refractivity contribution is 5.74. The molecule has 1 fully saturated rings. The molecule has 2 amide bonds. The summed E-state index contributed by atoms with van der Waals surface area (Å²) in [6, 6.07) is 8.49. The van der Waals surface area contributed by atoms with E-state index in [9.17, 15) is 18.4 Å². The number of rotatable bonds is 8. The summed E-state index contributed by atoms with van der Waals surface area (Å²) in [7, 11) is 0. The Kier molecular flexibility index (Phi) is 6.73. The molecule has 1 saturated carbocycles. The predicted octanol–water partition coefficient (Wildman–Crippen LogP) is 3.20. The standard InChI is InChI=1S/C18H24F2N2O3/c19-18(20)10-4-7-14(18)12-21-17(25)22-15(8-9-16(23)24)11-13-5-2-1-3-6-13/h1-3,5-6,14-15H,4,7-12H2,(H,23,24)(H2,21,22,25). The van der Waals surface area contributed by atoms with Gasteiger partial charge in [0.1, 0.15) is 0 Å². The third-order valence-electron chi connectivity index (χ3n) is 4.54. The second kappa shape index (κ2) is 8.78. The minimum atomic E-state index is -2.72. The molecule has 0 aromatic heterocycles. The lowest BCUT2D eigenvalue weighted by atomic mass is 10.0. The molecule has 0 spiro atoms. The van der Waals surface area contributed by atoms with E-state index in [0.717, 1.165) is 5.56 Å². The van der Waals surface area contributed by atoms with E-state index in [2.05, 4.69) is 10.6 Å². The van der Waals surface area contributed by atoms with Crippen LogP contribution in [0.2, 0.25) is 0 Å². The zero-order valence-electron chi connectivity index (χ0n) is 14.0. The molecule has 1 aromatic carbocycles. The molecular weight excluding hydrogens is 330 g/mol. The fourth-order valence-electron chi connectivity index (χ4n) is 3.12. The van der Waals surface area contributed by atoms with Crippen LogP contribution in [0.3, 0.4) is 0 Å². The number of carbonyl (C=O) groups is 2. The summed E-state index contributed by atoms with van der Waals surface area (Å²) < 4.78 is 27.2. The monoisotopic (exact) mass is 354 g/mol. The van der Waals surface area contributed by atoms with Gasteiger partial charge in [0.25, 0.3) is 5.92 Å². The molecule has 1 aromatic rings. The van der Waals surface area contributed by atoms with E-state index in [1.165, 1.54) is 0 Å². The van der Waals surface area contributed by atoms with Gasteiger partial charge in [0.2, 0.25) is 0 Å². The summed E-state index contributed by atoms with van der Waals surface area (Å²) in [5.74, 6) is -4.49. The molecule has 0 bridgehead atoms. The Morgan fingerprint density at radius 2 is 2.00 bits per heavy atom.